The van der Waals surface area contributed by atoms with Crippen molar-refractivity contribution in [2.45, 2.75) is 0 Å². The maximum Gasteiger partial charge on any atom is 0.337 e. The highest BCUT2D eigenvalue weighted by Gasteiger charge is 2.10. The van der Waals surface area contributed by atoms with Crippen molar-refractivity contribution >= 4 is 11.7 Å². The third kappa shape index (κ3) is 1.77. The van der Waals surface area contributed by atoms with E-state index in [-0.39, 0.29) is 5.97 Å². The van der Waals surface area contributed by atoms with Crippen LogP contribution in [0.4, 0.5) is 5.69 Å². The van der Waals surface area contributed by atoms with Gasteiger partial charge in [-0.2, -0.15) is 0 Å². The van der Waals surface area contributed by atoms with Crippen molar-refractivity contribution in [2.75, 3.05) is 12.8 Å². The van der Waals surface area contributed by atoms with Crippen molar-refractivity contribution in [3.63, 3.8) is 0 Å². The van der Waals surface area contributed by atoms with Crippen molar-refractivity contribution < 1.29 is 13.9 Å². The van der Waals surface area contributed by atoms with Gasteiger partial charge in [-0.3, -0.25) is 0 Å². The summed E-state index contributed by atoms with van der Waals surface area (Å²) >= 11 is 0. The second-order valence-corrected chi connectivity index (χ2v) is 3.31. The van der Waals surface area contributed by atoms with Crippen LogP contribution < -0.4 is 5.73 Å². The molecule has 0 saturated heterocycles. The van der Waals surface area contributed by atoms with Gasteiger partial charge in [0, 0.05) is 16.8 Å². The van der Waals surface area contributed by atoms with Gasteiger partial charge in [0.15, 0.2) is 0 Å². The molecular weight excluding hydrogens is 206 g/mol. The number of carbonyl (C=O) groups excluding carboxylic acids is 1. The molecule has 0 spiro atoms. The lowest BCUT2D eigenvalue weighted by Crippen LogP contribution is -2.02. The van der Waals surface area contributed by atoms with Crippen LogP contribution >= 0.6 is 0 Å². The Balaban J connectivity index is 2.49. The predicted molar refractivity (Wildman–Crippen MR) is 59.9 cm³/mol. The molecule has 2 rings (SSSR count). The Kier molecular flexibility index (Phi) is 2.64. The lowest BCUT2D eigenvalue weighted by Gasteiger charge is -2.05. The fourth-order valence-corrected chi connectivity index (χ4v) is 1.47. The van der Waals surface area contributed by atoms with Gasteiger partial charge in [0.2, 0.25) is 0 Å². The number of benzene rings is 1. The third-order valence-corrected chi connectivity index (χ3v) is 2.31. The summed E-state index contributed by atoms with van der Waals surface area (Å²) in [5.41, 5.74) is 8.48. The molecule has 82 valence electrons. The number of furan rings is 1. The van der Waals surface area contributed by atoms with Crippen LogP contribution in [0.15, 0.2) is 41.2 Å². The summed E-state index contributed by atoms with van der Waals surface area (Å²) in [7, 11) is 1.34. The first-order valence-electron chi connectivity index (χ1n) is 4.73. The molecule has 0 amide bonds. The molecule has 0 bridgehead atoms. The molecule has 16 heavy (non-hydrogen) atoms. The second-order valence-electron chi connectivity index (χ2n) is 3.31. The molecule has 0 unspecified atom stereocenters. The summed E-state index contributed by atoms with van der Waals surface area (Å²) in [6.07, 6.45) is 3.13. The molecule has 0 aliphatic heterocycles. The molecule has 0 aliphatic carbocycles. The van der Waals surface area contributed by atoms with E-state index in [0.29, 0.717) is 11.3 Å². The van der Waals surface area contributed by atoms with Gasteiger partial charge in [0.25, 0.3) is 0 Å². The summed E-state index contributed by atoms with van der Waals surface area (Å²) in [5.74, 6) is -0.384. The molecule has 2 aromatic rings. The smallest absolute Gasteiger partial charge is 0.337 e. The number of carbonyl (C=O) groups is 1. The van der Waals surface area contributed by atoms with Crippen LogP contribution in [0.1, 0.15) is 10.4 Å². The molecule has 1 aromatic heterocycles. The summed E-state index contributed by atoms with van der Waals surface area (Å²) in [4.78, 5) is 11.4. The van der Waals surface area contributed by atoms with Gasteiger partial charge in [-0.15, -0.1) is 0 Å². The van der Waals surface area contributed by atoms with E-state index in [1.807, 2.05) is 0 Å². The second kappa shape index (κ2) is 4.10. The van der Waals surface area contributed by atoms with Gasteiger partial charge in [0.1, 0.15) is 0 Å². The van der Waals surface area contributed by atoms with E-state index in [9.17, 15) is 4.79 Å². The number of anilines is 1. The Bertz CT molecular complexity index is 503. The molecule has 4 nitrogen and oxygen atoms in total. The molecule has 0 atom stereocenters. The van der Waals surface area contributed by atoms with Crippen LogP contribution in [0.2, 0.25) is 0 Å². The lowest BCUT2D eigenvalue weighted by molar-refractivity contribution is 0.0601. The van der Waals surface area contributed by atoms with E-state index in [2.05, 4.69) is 4.74 Å². The molecule has 2 N–H and O–H groups in total. The number of rotatable bonds is 2. The zero-order valence-corrected chi connectivity index (χ0v) is 8.77. The highest BCUT2D eigenvalue weighted by molar-refractivity contribution is 5.92. The van der Waals surface area contributed by atoms with Crippen LogP contribution in [0, 0.1) is 0 Å². The lowest BCUT2D eigenvalue weighted by atomic mass is 10.0. The monoisotopic (exact) mass is 217 g/mol. The predicted octanol–water partition coefficient (Wildman–Crippen LogP) is 2.32. The number of ether oxygens (including phenoxy) is 1. The molecule has 0 aliphatic rings. The third-order valence-electron chi connectivity index (χ3n) is 2.31. The topological polar surface area (TPSA) is 65.5 Å². The Labute approximate surface area is 92.6 Å². The fraction of sp³-hybridized carbons (Fsp3) is 0.0833. The molecule has 0 radical (unpaired) electrons. The van der Waals surface area contributed by atoms with Crippen molar-refractivity contribution in [1.82, 2.24) is 0 Å². The van der Waals surface area contributed by atoms with Crippen LogP contribution in [0.25, 0.3) is 11.1 Å². The fourth-order valence-electron chi connectivity index (χ4n) is 1.47. The Morgan fingerprint density at radius 3 is 2.81 bits per heavy atom. The number of hydrogen-bond donors (Lipinski definition) is 1. The van der Waals surface area contributed by atoms with Crippen LogP contribution in [0.3, 0.4) is 0 Å². The summed E-state index contributed by atoms with van der Waals surface area (Å²) in [5, 5.41) is 0. The van der Waals surface area contributed by atoms with Crippen LogP contribution in [-0.4, -0.2) is 13.1 Å². The minimum atomic E-state index is -0.384. The van der Waals surface area contributed by atoms with Crippen molar-refractivity contribution in [1.29, 1.82) is 0 Å². The van der Waals surface area contributed by atoms with E-state index in [1.165, 1.54) is 7.11 Å². The van der Waals surface area contributed by atoms with Gasteiger partial charge >= 0.3 is 5.97 Å². The summed E-state index contributed by atoms with van der Waals surface area (Å²) < 4.78 is 9.62. The quantitative estimate of drug-likeness (QED) is 0.619. The number of methoxy groups -OCH3 is 1. The molecule has 4 heteroatoms. The molecular formula is C12H11NO3. The molecule has 1 heterocycles. The van der Waals surface area contributed by atoms with Crippen LogP contribution in [-0.2, 0) is 4.74 Å². The highest BCUT2D eigenvalue weighted by Crippen LogP contribution is 2.27. The minimum Gasteiger partial charge on any atom is -0.472 e. The van der Waals surface area contributed by atoms with Gasteiger partial charge in [-0.05, 0) is 24.3 Å². The zero-order chi connectivity index (χ0) is 11.5. The first-order chi connectivity index (χ1) is 7.72. The Hall–Kier alpha value is -2.23. The zero-order valence-electron chi connectivity index (χ0n) is 8.77. The maximum atomic E-state index is 11.4. The average Bonchev–Trinajstić information content (AvgIpc) is 2.82. The average molecular weight is 217 g/mol. The first-order valence-corrected chi connectivity index (χ1v) is 4.73. The van der Waals surface area contributed by atoms with Gasteiger partial charge in [-0.1, -0.05) is 0 Å². The van der Waals surface area contributed by atoms with Gasteiger partial charge in [0.05, 0.1) is 25.2 Å². The highest BCUT2D eigenvalue weighted by atomic mass is 16.5. The largest absolute Gasteiger partial charge is 0.472 e. The number of hydrogen-bond acceptors (Lipinski definition) is 4. The Morgan fingerprint density at radius 1 is 1.38 bits per heavy atom. The van der Waals surface area contributed by atoms with Crippen molar-refractivity contribution in [2.24, 2.45) is 0 Å². The molecule has 1 aromatic carbocycles. The van der Waals surface area contributed by atoms with E-state index in [4.69, 9.17) is 10.2 Å². The standard InChI is InChI=1S/C12H11NO3/c1-15-12(14)8-2-3-11(13)10(6-8)9-4-5-16-7-9/h2-7H,13H2,1H3. The van der Waals surface area contributed by atoms with Gasteiger partial charge < -0.3 is 14.9 Å². The maximum absolute atomic E-state index is 11.4. The molecule has 0 saturated carbocycles. The van der Waals surface area contributed by atoms with E-state index < -0.39 is 0 Å². The number of esters is 1. The minimum absolute atomic E-state index is 0.384. The molecule has 0 fully saturated rings. The number of nitrogens with two attached hydrogens (primary N) is 1. The van der Waals surface area contributed by atoms with Crippen LogP contribution in [0.5, 0.6) is 0 Å². The Morgan fingerprint density at radius 2 is 2.19 bits per heavy atom. The summed E-state index contributed by atoms with van der Waals surface area (Å²) in [6.45, 7) is 0. The van der Waals surface area contributed by atoms with E-state index >= 15 is 0 Å². The van der Waals surface area contributed by atoms with Gasteiger partial charge in [-0.25, -0.2) is 4.79 Å². The van der Waals surface area contributed by atoms with Crippen molar-refractivity contribution in [3.05, 3.63) is 42.4 Å². The van der Waals surface area contributed by atoms with E-state index in [1.54, 1.807) is 36.8 Å². The van der Waals surface area contributed by atoms with E-state index in [0.717, 1.165) is 11.1 Å². The number of nitrogen functional groups attached to an aromatic ring is 1. The van der Waals surface area contributed by atoms with Crippen molar-refractivity contribution in [3.8, 4) is 11.1 Å². The first kappa shape index (κ1) is 10.3. The SMILES string of the molecule is COC(=O)c1ccc(N)c(-c2ccoc2)c1. The normalized spacial score (nSPS) is 10.1. The summed E-state index contributed by atoms with van der Waals surface area (Å²) in [6, 6.07) is 6.78.